The van der Waals surface area contributed by atoms with Crippen LogP contribution in [0.25, 0.3) is 11.0 Å². The lowest BCUT2D eigenvalue weighted by Gasteiger charge is -2.49. The van der Waals surface area contributed by atoms with Gasteiger partial charge in [-0.15, -0.1) is 0 Å². The van der Waals surface area contributed by atoms with Crippen molar-refractivity contribution in [3.63, 3.8) is 0 Å². The van der Waals surface area contributed by atoms with Crippen molar-refractivity contribution < 1.29 is 122 Å². The van der Waals surface area contributed by atoms with Crippen LogP contribution in [-0.4, -0.2) is 216 Å². The standard InChI is InChI=1S/C34H44ClF3O23/c35-10-1-8-9(34(36,37)38)2-17(43)53-11(8)3-12(10)54-30-24(50)20(46)27(14(5-40)56-30)60-32-26(52)22(48)29(16(7-42)58-32)61-33-25(51)21(47)28(15(6-41)57-33)59-31-23(49)19(45)18(44)13(4-39)55-31/h1-3,13-16,18-33,39-42,44-52H,4-7H2/t13?,14?,15?,16?,18-,19+,20-,21-,22-,23?,24?,25?,26?,27-,28-,29-,30-,31+,32+,33+/m1/s1. The van der Waals surface area contributed by atoms with Gasteiger partial charge in [0.25, 0.3) is 0 Å². The topological polar surface area (TPSA) is 367 Å². The quantitative estimate of drug-likeness (QED) is 0.0882. The summed E-state index contributed by atoms with van der Waals surface area (Å²) >= 11 is 6.15. The van der Waals surface area contributed by atoms with Gasteiger partial charge in [0.2, 0.25) is 6.29 Å². The van der Waals surface area contributed by atoms with Crippen molar-refractivity contribution in [3.8, 4) is 5.75 Å². The molecule has 4 aliphatic heterocycles. The molecule has 23 nitrogen and oxygen atoms in total. The van der Waals surface area contributed by atoms with Crippen LogP contribution in [0.5, 0.6) is 5.75 Å². The van der Waals surface area contributed by atoms with Gasteiger partial charge in [0.1, 0.15) is 109 Å². The third kappa shape index (κ3) is 9.65. The van der Waals surface area contributed by atoms with Gasteiger partial charge in [-0.1, -0.05) is 11.6 Å². The van der Waals surface area contributed by atoms with Gasteiger partial charge in [0, 0.05) is 17.5 Å². The molecule has 0 saturated carbocycles. The van der Waals surface area contributed by atoms with Crippen LogP contribution in [0.3, 0.4) is 0 Å². The second kappa shape index (κ2) is 19.3. The molecule has 346 valence electrons. The number of aliphatic hydroxyl groups is 13. The Kier molecular flexibility index (Phi) is 15.2. The molecule has 0 bridgehead atoms. The first kappa shape index (κ1) is 48.0. The van der Waals surface area contributed by atoms with E-state index in [1.54, 1.807) is 0 Å². The zero-order valence-corrected chi connectivity index (χ0v) is 31.8. The summed E-state index contributed by atoms with van der Waals surface area (Å²) in [7, 11) is 0. The molecule has 0 spiro atoms. The molecule has 2 aromatic rings. The van der Waals surface area contributed by atoms with Crippen molar-refractivity contribution in [1.82, 2.24) is 0 Å². The normalized spacial score (nSPS) is 42.4. The first-order valence-electron chi connectivity index (χ1n) is 18.4. The van der Waals surface area contributed by atoms with E-state index in [-0.39, 0.29) is 6.07 Å². The smallest absolute Gasteiger partial charge is 0.417 e. The predicted octanol–water partition coefficient (Wildman–Crippen LogP) is -5.88. The summed E-state index contributed by atoms with van der Waals surface area (Å²) in [6.45, 7) is -3.77. The molecule has 4 aliphatic rings. The number of rotatable bonds is 12. The van der Waals surface area contributed by atoms with Gasteiger partial charge in [0.15, 0.2) is 18.9 Å². The van der Waals surface area contributed by atoms with E-state index in [2.05, 4.69) is 0 Å². The van der Waals surface area contributed by atoms with Crippen molar-refractivity contribution in [2.75, 3.05) is 26.4 Å². The maximum absolute atomic E-state index is 13.6. The summed E-state index contributed by atoms with van der Waals surface area (Å²) in [5, 5.41) is 135. The molecule has 20 atom stereocenters. The van der Waals surface area contributed by atoms with Crippen LogP contribution < -0.4 is 10.4 Å². The molecule has 1 aromatic carbocycles. The van der Waals surface area contributed by atoms with Gasteiger partial charge < -0.3 is 109 Å². The Morgan fingerprint density at radius 3 is 1.36 bits per heavy atom. The zero-order chi connectivity index (χ0) is 44.8. The zero-order valence-electron chi connectivity index (χ0n) is 31.0. The molecule has 4 saturated heterocycles. The number of hydrogen-bond acceptors (Lipinski definition) is 23. The minimum atomic E-state index is -4.97. The van der Waals surface area contributed by atoms with Crippen molar-refractivity contribution in [1.29, 1.82) is 0 Å². The van der Waals surface area contributed by atoms with Gasteiger partial charge in [0.05, 0.1) is 37.0 Å². The highest BCUT2D eigenvalue weighted by Crippen LogP contribution is 2.40. The van der Waals surface area contributed by atoms with E-state index in [1.165, 1.54) is 0 Å². The molecular weight excluding hydrogens is 869 g/mol. The summed E-state index contributed by atoms with van der Waals surface area (Å²) in [6, 6.07) is 1.79. The first-order chi connectivity index (χ1) is 28.7. The largest absolute Gasteiger partial charge is 0.460 e. The number of ether oxygens (including phenoxy) is 8. The lowest BCUT2D eigenvalue weighted by Crippen LogP contribution is -2.67. The highest BCUT2D eigenvalue weighted by Gasteiger charge is 2.55. The van der Waals surface area contributed by atoms with E-state index >= 15 is 0 Å². The van der Waals surface area contributed by atoms with E-state index < -0.39 is 188 Å². The van der Waals surface area contributed by atoms with Gasteiger partial charge >= 0.3 is 11.8 Å². The maximum atomic E-state index is 13.6. The first-order valence-corrected chi connectivity index (χ1v) is 18.8. The second-order valence-corrected chi connectivity index (χ2v) is 14.9. The molecule has 0 aliphatic carbocycles. The third-order valence-corrected chi connectivity index (χ3v) is 10.8. The van der Waals surface area contributed by atoms with Crippen LogP contribution in [0.15, 0.2) is 27.4 Å². The summed E-state index contributed by atoms with van der Waals surface area (Å²) in [4.78, 5) is 11.8. The average Bonchev–Trinajstić information content (AvgIpc) is 3.22. The van der Waals surface area contributed by atoms with Gasteiger partial charge in [-0.05, 0) is 6.07 Å². The summed E-state index contributed by atoms with van der Waals surface area (Å²) in [6.07, 6.45) is -42.6. The highest BCUT2D eigenvalue weighted by molar-refractivity contribution is 6.32. The lowest BCUT2D eigenvalue weighted by atomic mass is 9.95. The molecule has 13 N–H and O–H groups in total. The Morgan fingerprint density at radius 2 is 0.934 bits per heavy atom. The van der Waals surface area contributed by atoms with Crippen molar-refractivity contribution >= 4 is 22.6 Å². The fourth-order valence-electron chi connectivity index (χ4n) is 7.24. The SMILES string of the molecule is O=c1cc(C(F)(F)F)c2cc(Cl)c(O[C@@H]3OC(CO)[C@@H](O[C@@H]4OC(CO)[C@@H](O[C@@H]5OC(CO)[C@@H](O[C@@H]6OC(CO)[C@@H](O)[C@H](O)C6O)[C@H](O)C5O)[C@H](O)C4O)[C@H](O)C3O)cc2o1. The van der Waals surface area contributed by atoms with Crippen LogP contribution in [0, 0.1) is 0 Å². The van der Waals surface area contributed by atoms with E-state index in [0.717, 1.165) is 12.1 Å². The molecule has 1 aromatic heterocycles. The van der Waals surface area contributed by atoms with Gasteiger partial charge in [-0.3, -0.25) is 0 Å². The average molecular weight is 913 g/mol. The monoisotopic (exact) mass is 912 g/mol. The Morgan fingerprint density at radius 1 is 0.541 bits per heavy atom. The number of benzene rings is 1. The molecule has 0 radical (unpaired) electrons. The number of aliphatic hydroxyl groups excluding tert-OH is 13. The fraction of sp³-hybridized carbons (Fsp3) is 0.735. The Bertz CT molecular complexity index is 1840. The Balaban J connectivity index is 1.11. The number of fused-ring (bicyclic) bond motifs is 1. The summed E-state index contributed by atoms with van der Waals surface area (Å²) < 4.78 is 89.7. The molecule has 6 rings (SSSR count). The lowest BCUT2D eigenvalue weighted by molar-refractivity contribution is -0.387. The van der Waals surface area contributed by atoms with E-state index in [9.17, 15) is 84.4 Å². The van der Waals surface area contributed by atoms with Crippen LogP contribution in [0.1, 0.15) is 5.56 Å². The fourth-order valence-corrected chi connectivity index (χ4v) is 7.45. The van der Waals surface area contributed by atoms with Crippen LogP contribution in [-0.2, 0) is 39.3 Å². The van der Waals surface area contributed by atoms with Crippen LogP contribution in [0.4, 0.5) is 13.2 Å². The molecule has 61 heavy (non-hydrogen) atoms. The molecular formula is C34H44ClF3O23. The molecule has 27 heteroatoms. The maximum Gasteiger partial charge on any atom is 0.417 e. The van der Waals surface area contributed by atoms with Gasteiger partial charge in [-0.25, -0.2) is 4.79 Å². The van der Waals surface area contributed by atoms with Crippen LogP contribution >= 0.6 is 11.6 Å². The van der Waals surface area contributed by atoms with E-state index in [4.69, 9.17) is 53.9 Å². The molecule has 5 heterocycles. The van der Waals surface area contributed by atoms with Crippen molar-refractivity contribution in [2.45, 2.75) is 129 Å². The van der Waals surface area contributed by atoms with Crippen molar-refractivity contribution in [2.24, 2.45) is 0 Å². The highest BCUT2D eigenvalue weighted by atomic mass is 35.5. The Hall–Kier alpha value is -2.49. The Labute approximate surface area is 344 Å². The second-order valence-electron chi connectivity index (χ2n) is 14.5. The predicted molar refractivity (Wildman–Crippen MR) is 185 cm³/mol. The minimum Gasteiger partial charge on any atom is -0.460 e. The molecule has 0 amide bonds. The van der Waals surface area contributed by atoms with Crippen LogP contribution in [0.2, 0.25) is 5.02 Å². The number of halogens is 4. The number of alkyl halides is 3. The van der Waals surface area contributed by atoms with Crippen molar-refractivity contribution in [3.05, 3.63) is 39.2 Å². The van der Waals surface area contributed by atoms with E-state index in [1.807, 2.05) is 0 Å². The number of hydrogen-bond donors (Lipinski definition) is 13. The molecule has 4 fully saturated rings. The van der Waals surface area contributed by atoms with Gasteiger partial charge in [-0.2, -0.15) is 13.2 Å². The summed E-state index contributed by atoms with van der Waals surface area (Å²) in [5.41, 5.74) is -3.34. The third-order valence-electron chi connectivity index (χ3n) is 10.5. The summed E-state index contributed by atoms with van der Waals surface area (Å²) in [5.74, 6) is -0.489. The van der Waals surface area contributed by atoms with E-state index in [0.29, 0.717) is 0 Å². The molecule has 8 unspecified atom stereocenters. The minimum absolute atomic E-state index is 0.219.